The summed E-state index contributed by atoms with van der Waals surface area (Å²) in [5.41, 5.74) is 1.71. The van der Waals surface area contributed by atoms with E-state index in [9.17, 15) is 9.90 Å². The summed E-state index contributed by atoms with van der Waals surface area (Å²) in [5.74, 6) is 0.680. The van der Waals surface area contributed by atoms with Gasteiger partial charge in [-0.05, 0) is 56.2 Å². The van der Waals surface area contributed by atoms with Gasteiger partial charge in [0, 0.05) is 10.7 Å². The number of nitrogens with one attached hydrogen (secondary N) is 1. The Balaban J connectivity index is 0.000000263. The highest BCUT2D eigenvalue weighted by atomic mass is 35.5. The predicted molar refractivity (Wildman–Crippen MR) is 105 cm³/mol. The third kappa shape index (κ3) is 7.94. The number of carbonyl (C=O) groups is 1. The Hall–Kier alpha value is -2.66. The third-order valence-electron chi connectivity index (χ3n) is 3.04. The molecule has 2 N–H and O–H groups in total. The molecule has 0 spiro atoms. The molecule has 0 atom stereocenters. The maximum Gasteiger partial charge on any atom is 0.411 e. The van der Waals surface area contributed by atoms with Crippen LogP contribution in [0.1, 0.15) is 19.4 Å². The van der Waals surface area contributed by atoms with Gasteiger partial charge in [0.15, 0.2) is 11.5 Å². The van der Waals surface area contributed by atoms with E-state index < -0.39 is 6.09 Å². The van der Waals surface area contributed by atoms with Crippen molar-refractivity contribution >= 4 is 23.4 Å². The lowest BCUT2D eigenvalue weighted by Crippen LogP contribution is -2.17. The number of phenols is 1. The van der Waals surface area contributed by atoms with E-state index in [2.05, 4.69) is 11.9 Å². The molecule has 0 fully saturated rings. The fourth-order valence-corrected chi connectivity index (χ4v) is 2.13. The maximum absolute atomic E-state index is 11.2. The van der Waals surface area contributed by atoms with Crippen LogP contribution in [0.15, 0.2) is 55.1 Å². The highest BCUT2D eigenvalue weighted by Crippen LogP contribution is 2.26. The Labute approximate surface area is 159 Å². The van der Waals surface area contributed by atoms with Crippen LogP contribution in [0.25, 0.3) is 0 Å². The van der Waals surface area contributed by atoms with Crippen molar-refractivity contribution in [1.82, 2.24) is 0 Å². The smallest absolute Gasteiger partial charge is 0.411 e. The molecule has 0 saturated heterocycles. The van der Waals surface area contributed by atoms with E-state index in [0.717, 1.165) is 12.0 Å². The normalized spacial score (nSPS) is 9.73. The van der Waals surface area contributed by atoms with Crippen LogP contribution in [-0.2, 0) is 11.2 Å². The van der Waals surface area contributed by atoms with Crippen molar-refractivity contribution in [2.45, 2.75) is 26.4 Å². The zero-order valence-electron chi connectivity index (χ0n) is 15.2. The van der Waals surface area contributed by atoms with Crippen LogP contribution in [0.3, 0.4) is 0 Å². The summed E-state index contributed by atoms with van der Waals surface area (Å²) in [7, 11) is 1.53. The van der Waals surface area contributed by atoms with E-state index in [1.165, 1.54) is 7.11 Å². The van der Waals surface area contributed by atoms with Crippen LogP contribution in [0, 0.1) is 0 Å². The van der Waals surface area contributed by atoms with Gasteiger partial charge in [0.05, 0.1) is 13.2 Å². The molecule has 0 aliphatic carbocycles. The SMILES string of the molecule is C=CCc1ccc(O)c(OC)c1.CC(C)OC(=O)Nc1cccc(Cl)c1. The Morgan fingerprint density at radius 2 is 2.04 bits per heavy atom. The molecular formula is C20H24ClNO4. The highest BCUT2D eigenvalue weighted by Gasteiger charge is 2.05. The highest BCUT2D eigenvalue weighted by molar-refractivity contribution is 6.30. The topological polar surface area (TPSA) is 67.8 Å². The first-order valence-electron chi connectivity index (χ1n) is 8.05. The Bertz CT molecular complexity index is 732. The summed E-state index contributed by atoms with van der Waals surface area (Å²) < 4.78 is 9.85. The van der Waals surface area contributed by atoms with Crippen molar-refractivity contribution in [1.29, 1.82) is 0 Å². The first-order valence-corrected chi connectivity index (χ1v) is 8.43. The Morgan fingerprint density at radius 3 is 2.62 bits per heavy atom. The number of carbonyl (C=O) groups excluding carboxylic acids is 1. The van der Waals surface area contributed by atoms with Gasteiger partial charge in [-0.2, -0.15) is 0 Å². The zero-order valence-corrected chi connectivity index (χ0v) is 15.9. The maximum atomic E-state index is 11.2. The van der Waals surface area contributed by atoms with Gasteiger partial charge < -0.3 is 14.6 Å². The number of halogens is 1. The molecule has 26 heavy (non-hydrogen) atoms. The van der Waals surface area contributed by atoms with Gasteiger partial charge in [0.2, 0.25) is 0 Å². The number of allylic oxidation sites excluding steroid dienone is 1. The van der Waals surface area contributed by atoms with Crippen LogP contribution in [0.2, 0.25) is 5.02 Å². The van der Waals surface area contributed by atoms with E-state index in [0.29, 0.717) is 16.5 Å². The van der Waals surface area contributed by atoms with Gasteiger partial charge >= 0.3 is 6.09 Å². The second-order valence-electron chi connectivity index (χ2n) is 5.59. The molecule has 0 aliphatic rings. The number of methoxy groups -OCH3 is 1. The number of phenolic OH excluding ortho intramolecular Hbond substituents is 1. The molecule has 0 radical (unpaired) electrons. The predicted octanol–water partition coefficient (Wildman–Crippen LogP) is 5.43. The van der Waals surface area contributed by atoms with E-state index in [4.69, 9.17) is 21.1 Å². The minimum Gasteiger partial charge on any atom is -0.504 e. The lowest BCUT2D eigenvalue weighted by molar-refractivity contribution is 0.130. The summed E-state index contributed by atoms with van der Waals surface area (Å²) in [6, 6.07) is 12.2. The molecule has 0 aromatic heterocycles. The van der Waals surface area contributed by atoms with Crippen molar-refractivity contribution in [2.24, 2.45) is 0 Å². The number of benzene rings is 2. The molecule has 0 aliphatic heterocycles. The quantitative estimate of drug-likeness (QED) is 0.682. The van der Waals surface area contributed by atoms with Crippen molar-refractivity contribution < 1.29 is 19.4 Å². The number of aromatic hydroxyl groups is 1. The van der Waals surface area contributed by atoms with E-state index >= 15 is 0 Å². The standard InChI is InChI=1S/C10H12ClNO2.C10H12O2/c1-7(2)14-10(13)12-9-5-3-4-8(11)6-9;1-3-4-8-5-6-9(11)10(7-8)12-2/h3-7H,1-2H3,(H,12,13);3,5-7,11H,1,4H2,2H3. The van der Waals surface area contributed by atoms with Crippen molar-refractivity contribution in [2.75, 3.05) is 12.4 Å². The summed E-state index contributed by atoms with van der Waals surface area (Å²) in [6.45, 7) is 7.21. The molecule has 5 nitrogen and oxygen atoms in total. The van der Waals surface area contributed by atoms with Crippen LogP contribution in [0.4, 0.5) is 10.5 Å². The second-order valence-corrected chi connectivity index (χ2v) is 6.02. The average Bonchev–Trinajstić information content (AvgIpc) is 2.56. The lowest BCUT2D eigenvalue weighted by Gasteiger charge is -2.09. The van der Waals surface area contributed by atoms with E-state index in [1.54, 1.807) is 50.2 Å². The minimum absolute atomic E-state index is 0.130. The minimum atomic E-state index is -0.470. The molecule has 0 bridgehead atoms. The van der Waals surface area contributed by atoms with Gasteiger partial charge in [-0.25, -0.2) is 4.79 Å². The average molecular weight is 378 g/mol. The Kier molecular flexibility index (Phi) is 9.09. The number of ether oxygens (including phenoxy) is 2. The number of amides is 1. The summed E-state index contributed by atoms with van der Waals surface area (Å²) in [5, 5.41) is 12.4. The van der Waals surface area contributed by atoms with Crippen molar-refractivity contribution in [3.8, 4) is 11.5 Å². The molecule has 0 saturated carbocycles. The first kappa shape index (κ1) is 21.4. The molecule has 2 aromatic rings. The summed E-state index contributed by atoms with van der Waals surface area (Å²) in [6.07, 6.45) is 2.00. The fraction of sp³-hybridized carbons (Fsp3) is 0.250. The number of anilines is 1. The van der Waals surface area contributed by atoms with Crippen LogP contribution in [0.5, 0.6) is 11.5 Å². The second kappa shape index (κ2) is 11.1. The van der Waals surface area contributed by atoms with Crippen LogP contribution in [-0.4, -0.2) is 24.4 Å². The summed E-state index contributed by atoms with van der Waals surface area (Å²) in [4.78, 5) is 11.2. The third-order valence-corrected chi connectivity index (χ3v) is 3.27. The fourth-order valence-electron chi connectivity index (χ4n) is 1.94. The van der Waals surface area contributed by atoms with Gasteiger partial charge in [0.1, 0.15) is 0 Å². The van der Waals surface area contributed by atoms with Crippen LogP contribution >= 0.6 is 11.6 Å². The molecule has 6 heteroatoms. The largest absolute Gasteiger partial charge is 0.504 e. The monoisotopic (exact) mass is 377 g/mol. The van der Waals surface area contributed by atoms with Gasteiger partial charge in [-0.3, -0.25) is 5.32 Å². The van der Waals surface area contributed by atoms with Crippen molar-refractivity contribution in [3.05, 3.63) is 65.7 Å². The van der Waals surface area contributed by atoms with Gasteiger partial charge in [-0.15, -0.1) is 6.58 Å². The van der Waals surface area contributed by atoms with Crippen LogP contribution < -0.4 is 10.1 Å². The van der Waals surface area contributed by atoms with E-state index in [1.807, 2.05) is 12.1 Å². The molecule has 2 rings (SSSR count). The number of hydrogen-bond donors (Lipinski definition) is 2. The first-order chi connectivity index (χ1) is 12.3. The van der Waals surface area contributed by atoms with E-state index in [-0.39, 0.29) is 11.9 Å². The molecule has 0 unspecified atom stereocenters. The molecule has 1 amide bonds. The van der Waals surface area contributed by atoms with Crippen molar-refractivity contribution in [3.63, 3.8) is 0 Å². The zero-order chi connectivity index (χ0) is 19.5. The molecule has 140 valence electrons. The Morgan fingerprint density at radius 1 is 1.31 bits per heavy atom. The lowest BCUT2D eigenvalue weighted by atomic mass is 10.1. The molecule has 0 heterocycles. The number of hydrogen-bond acceptors (Lipinski definition) is 4. The summed E-state index contributed by atoms with van der Waals surface area (Å²) >= 11 is 5.74. The van der Waals surface area contributed by atoms with Gasteiger partial charge in [-0.1, -0.05) is 29.8 Å². The van der Waals surface area contributed by atoms with Gasteiger partial charge in [0.25, 0.3) is 0 Å². The molecular weight excluding hydrogens is 354 g/mol. The number of rotatable bonds is 5. The molecule has 2 aromatic carbocycles.